The Bertz CT molecular complexity index is 1450. The van der Waals surface area contributed by atoms with Gasteiger partial charge in [-0.1, -0.05) is 19.9 Å². The first kappa shape index (κ1) is 21.6. The van der Waals surface area contributed by atoms with E-state index in [1.165, 1.54) is 15.2 Å². The van der Waals surface area contributed by atoms with Gasteiger partial charge < -0.3 is 5.11 Å². The van der Waals surface area contributed by atoms with E-state index in [4.69, 9.17) is 0 Å². The van der Waals surface area contributed by atoms with E-state index in [9.17, 15) is 14.7 Å². The Balaban J connectivity index is 2.06. The van der Waals surface area contributed by atoms with Crippen LogP contribution in [-0.4, -0.2) is 29.0 Å². The lowest BCUT2D eigenvalue weighted by molar-refractivity contribution is 0.264. The Morgan fingerprint density at radius 3 is 2.53 bits per heavy atom. The number of hydrogen-bond donors (Lipinski definition) is 1. The second kappa shape index (κ2) is 8.16. The van der Waals surface area contributed by atoms with Gasteiger partial charge in [-0.25, -0.2) is 14.2 Å². The molecule has 32 heavy (non-hydrogen) atoms. The van der Waals surface area contributed by atoms with Gasteiger partial charge in [0, 0.05) is 18.9 Å². The fourth-order valence-electron chi connectivity index (χ4n) is 3.91. The maximum absolute atomic E-state index is 15.2. The Kier molecular flexibility index (Phi) is 5.52. The van der Waals surface area contributed by atoms with Crippen LogP contribution in [0.5, 0.6) is 0 Å². The molecule has 0 aliphatic rings. The number of halogens is 1. The zero-order chi connectivity index (χ0) is 23.2. The molecule has 8 nitrogen and oxygen atoms in total. The van der Waals surface area contributed by atoms with Gasteiger partial charge in [0.05, 0.1) is 5.39 Å². The zero-order valence-corrected chi connectivity index (χ0v) is 18.3. The van der Waals surface area contributed by atoms with Crippen molar-refractivity contribution in [1.82, 2.24) is 23.9 Å². The molecular formula is C23H24FN5O3. The largest absolute Gasteiger partial charge is 0.388 e. The lowest BCUT2D eigenvalue weighted by atomic mass is 9.97. The molecule has 0 aliphatic heterocycles. The first-order valence-corrected chi connectivity index (χ1v) is 10.4. The predicted octanol–water partition coefficient (Wildman–Crippen LogP) is 2.82. The van der Waals surface area contributed by atoms with Crippen LogP contribution >= 0.6 is 0 Å². The third-order valence-electron chi connectivity index (χ3n) is 5.57. The summed E-state index contributed by atoms with van der Waals surface area (Å²) in [6.45, 7) is 7.38. The van der Waals surface area contributed by atoms with Crippen molar-refractivity contribution in [2.75, 3.05) is 0 Å². The summed E-state index contributed by atoms with van der Waals surface area (Å²) in [6, 6.07) is 6.26. The number of hydrogen-bond acceptors (Lipinski definition) is 5. The van der Waals surface area contributed by atoms with E-state index in [2.05, 4.69) is 10.1 Å². The summed E-state index contributed by atoms with van der Waals surface area (Å²) in [6.07, 6.45) is 3.33. The molecule has 0 amide bonds. The molecule has 0 fully saturated rings. The van der Waals surface area contributed by atoms with Crippen molar-refractivity contribution in [2.45, 2.75) is 46.8 Å². The van der Waals surface area contributed by atoms with Crippen LogP contribution in [0.4, 0.5) is 4.39 Å². The molecule has 4 rings (SSSR count). The first-order chi connectivity index (χ1) is 15.3. The van der Waals surface area contributed by atoms with Crippen LogP contribution in [0.1, 0.15) is 43.6 Å². The van der Waals surface area contributed by atoms with E-state index in [1.54, 1.807) is 25.4 Å². The number of aryl methyl sites for hydroxylation is 1. The van der Waals surface area contributed by atoms with Crippen LogP contribution in [0, 0.1) is 12.7 Å². The molecule has 1 N–H and O–H groups in total. The minimum Gasteiger partial charge on any atom is -0.388 e. The zero-order valence-electron chi connectivity index (χ0n) is 18.3. The third kappa shape index (κ3) is 3.34. The Hall–Kier alpha value is -3.59. The van der Waals surface area contributed by atoms with E-state index in [0.717, 1.165) is 21.9 Å². The summed E-state index contributed by atoms with van der Waals surface area (Å²) in [5, 5.41) is 14.3. The molecule has 9 heteroatoms. The predicted molar refractivity (Wildman–Crippen MR) is 119 cm³/mol. The van der Waals surface area contributed by atoms with Gasteiger partial charge >= 0.3 is 5.69 Å². The van der Waals surface area contributed by atoms with Gasteiger partial charge in [-0.05, 0) is 54.5 Å². The molecule has 0 saturated carbocycles. The molecular weight excluding hydrogens is 413 g/mol. The molecule has 166 valence electrons. The smallest absolute Gasteiger partial charge is 0.350 e. The highest BCUT2D eigenvalue weighted by atomic mass is 19.1. The molecule has 0 spiro atoms. The number of fused-ring (bicyclic) bond motifs is 1. The average molecular weight is 437 g/mol. The van der Waals surface area contributed by atoms with Gasteiger partial charge in [-0.15, -0.1) is 5.10 Å². The molecule has 0 unspecified atom stereocenters. The second-order valence-electron chi connectivity index (χ2n) is 7.92. The van der Waals surface area contributed by atoms with Crippen LogP contribution in [0.25, 0.3) is 22.3 Å². The molecule has 0 atom stereocenters. The van der Waals surface area contributed by atoms with Crippen molar-refractivity contribution < 1.29 is 9.50 Å². The van der Waals surface area contributed by atoms with Gasteiger partial charge in [0.15, 0.2) is 5.82 Å². The Labute approximate surface area is 183 Å². The highest BCUT2D eigenvalue weighted by Gasteiger charge is 2.20. The molecule has 0 aliphatic carbocycles. The minimum atomic E-state index is -0.757. The number of nitrogens with zero attached hydrogens (tertiary/aromatic N) is 5. The fraction of sp³-hybridized carbons (Fsp3) is 0.304. The van der Waals surface area contributed by atoms with Gasteiger partial charge in [-0.2, -0.15) is 4.68 Å². The van der Waals surface area contributed by atoms with Crippen molar-refractivity contribution in [1.29, 1.82) is 0 Å². The van der Waals surface area contributed by atoms with Crippen LogP contribution < -0.4 is 11.2 Å². The van der Waals surface area contributed by atoms with E-state index >= 15 is 4.39 Å². The summed E-state index contributed by atoms with van der Waals surface area (Å²) >= 11 is 0. The standard InChI is InChI=1S/C23H24FN5O3/c1-5-27-20(12-30)26-29(23(27)32)19-10-15-16(9-18(19)24)22(31)28(11-17(15)13(2)3)21-14(4)7-6-8-25-21/h6-11,13,30H,5,12H2,1-4H3. The highest BCUT2D eigenvalue weighted by molar-refractivity contribution is 5.87. The lowest BCUT2D eigenvalue weighted by Gasteiger charge is -2.16. The molecule has 4 aromatic rings. The van der Waals surface area contributed by atoms with Gasteiger partial charge in [0.25, 0.3) is 5.56 Å². The molecule has 0 radical (unpaired) electrons. The number of rotatable bonds is 5. The topological polar surface area (TPSA) is 94.9 Å². The lowest BCUT2D eigenvalue weighted by Crippen LogP contribution is -2.25. The summed E-state index contributed by atoms with van der Waals surface area (Å²) in [7, 11) is 0. The van der Waals surface area contributed by atoms with Crippen molar-refractivity contribution in [3.8, 4) is 11.5 Å². The average Bonchev–Trinajstić information content (AvgIpc) is 3.09. The van der Waals surface area contributed by atoms with Crippen LogP contribution in [-0.2, 0) is 13.2 Å². The number of benzene rings is 1. The van der Waals surface area contributed by atoms with Crippen LogP contribution in [0.15, 0.2) is 46.2 Å². The summed E-state index contributed by atoms with van der Waals surface area (Å²) in [4.78, 5) is 30.4. The summed E-state index contributed by atoms with van der Waals surface area (Å²) in [5.74, 6) is -0.129. The minimum absolute atomic E-state index is 0.00426. The molecule has 0 saturated heterocycles. The molecule has 3 heterocycles. The molecule has 3 aromatic heterocycles. The molecule has 1 aromatic carbocycles. The Morgan fingerprint density at radius 2 is 1.94 bits per heavy atom. The normalized spacial score (nSPS) is 11.6. The highest BCUT2D eigenvalue weighted by Crippen LogP contribution is 2.28. The maximum atomic E-state index is 15.2. The number of aliphatic hydroxyl groups excluding tert-OH is 1. The van der Waals surface area contributed by atoms with E-state index in [1.807, 2.05) is 26.8 Å². The van der Waals surface area contributed by atoms with Gasteiger partial charge in [0.2, 0.25) is 0 Å². The fourth-order valence-corrected chi connectivity index (χ4v) is 3.91. The van der Waals surface area contributed by atoms with Gasteiger partial charge in [0.1, 0.15) is 23.9 Å². The van der Waals surface area contributed by atoms with E-state index in [-0.39, 0.29) is 29.4 Å². The van der Waals surface area contributed by atoms with Crippen molar-refractivity contribution in [3.05, 3.63) is 80.3 Å². The monoisotopic (exact) mass is 437 g/mol. The third-order valence-corrected chi connectivity index (χ3v) is 5.57. The van der Waals surface area contributed by atoms with Crippen molar-refractivity contribution >= 4 is 10.8 Å². The first-order valence-electron chi connectivity index (χ1n) is 10.4. The summed E-state index contributed by atoms with van der Waals surface area (Å²) < 4.78 is 18.9. The maximum Gasteiger partial charge on any atom is 0.350 e. The molecule has 0 bridgehead atoms. The van der Waals surface area contributed by atoms with Gasteiger partial charge in [-0.3, -0.25) is 13.9 Å². The van der Waals surface area contributed by atoms with Crippen molar-refractivity contribution in [2.24, 2.45) is 0 Å². The van der Waals surface area contributed by atoms with Crippen molar-refractivity contribution in [3.63, 3.8) is 0 Å². The van der Waals surface area contributed by atoms with Crippen LogP contribution in [0.3, 0.4) is 0 Å². The number of aliphatic hydroxyl groups is 1. The quantitative estimate of drug-likeness (QED) is 0.518. The van der Waals surface area contributed by atoms with E-state index < -0.39 is 23.7 Å². The number of pyridine rings is 2. The summed E-state index contributed by atoms with van der Waals surface area (Å²) in [5.41, 5.74) is 0.583. The SMILES string of the molecule is CCn1c(CO)nn(-c2cc3c(C(C)C)cn(-c4ncccc4C)c(=O)c3cc2F)c1=O. The van der Waals surface area contributed by atoms with E-state index in [0.29, 0.717) is 11.2 Å². The Morgan fingerprint density at radius 1 is 1.19 bits per heavy atom. The number of aromatic nitrogens is 5. The second-order valence-corrected chi connectivity index (χ2v) is 7.92. The van der Waals surface area contributed by atoms with Crippen LogP contribution in [0.2, 0.25) is 0 Å².